The minimum atomic E-state index is -0.573. The molecule has 1 aromatic carbocycles. The number of carbonyl (C=O) groups is 1. The lowest BCUT2D eigenvalue weighted by Crippen LogP contribution is -2.42. The summed E-state index contributed by atoms with van der Waals surface area (Å²) in [6.45, 7) is 1.25. The van der Waals surface area contributed by atoms with Crippen LogP contribution in [0.4, 0.5) is 0 Å². The number of aromatic nitrogens is 1. The molecule has 6 nitrogen and oxygen atoms in total. The van der Waals surface area contributed by atoms with E-state index in [1.165, 1.54) is 6.20 Å². The molecule has 4 atom stereocenters. The molecule has 0 unspecified atom stereocenters. The molecule has 2 aromatic rings. The van der Waals surface area contributed by atoms with Crippen LogP contribution in [-0.2, 0) is 0 Å². The second-order valence-corrected chi connectivity index (χ2v) is 7.73. The first kappa shape index (κ1) is 17.9. The van der Waals surface area contributed by atoms with E-state index >= 15 is 0 Å². The van der Waals surface area contributed by atoms with E-state index in [1.54, 1.807) is 23.1 Å². The summed E-state index contributed by atoms with van der Waals surface area (Å²) in [6, 6.07) is 10.8. The van der Waals surface area contributed by atoms with Crippen LogP contribution in [0.5, 0.6) is 5.75 Å². The fourth-order valence-electron chi connectivity index (χ4n) is 4.15. The molecule has 2 fully saturated rings. The molecule has 4 rings (SSSR count). The first-order valence-corrected chi connectivity index (χ1v) is 9.39. The van der Waals surface area contributed by atoms with Gasteiger partial charge in [0.15, 0.2) is 0 Å². The standard InChI is InChI=1S/C20H20ClN3O3/c21-15-2-1-3-16(7-15)27-19-6-14-11-24(10-13(14)5-18(19)25)20(26)17-4-12(8-22)9-23-17/h1-4,7,9,13-14,18-19,23,25H,5-6,10-11H2/t13-,14+,18+,19+/m0/s1. The summed E-state index contributed by atoms with van der Waals surface area (Å²) < 4.78 is 5.97. The van der Waals surface area contributed by atoms with Gasteiger partial charge < -0.3 is 19.7 Å². The summed E-state index contributed by atoms with van der Waals surface area (Å²) >= 11 is 6.00. The number of hydrogen-bond donors (Lipinski definition) is 2. The van der Waals surface area contributed by atoms with Crippen molar-refractivity contribution in [2.24, 2.45) is 11.8 Å². The minimum absolute atomic E-state index is 0.104. The minimum Gasteiger partial charge on any atom is -0.488 e. The molecule has 1 aromatic heterocycles. The van der Waals surface area contributed by atoms with E-state index in [4.69, 9.17) is 21.6 Å². The molecule has 0 bridgehead atoms. The number of carbonyl (C=O) groups excluding carboxylic acids is 1. The number of likely N-dealkylation sites (tertiary alicyclic amines) is 1. The Hall–Kier alpha value is -2.49. The number of hydrogen-bond acceptors (Lipinski definition) is 4. The Bertz CT molecular complexity index is 891. The number of nitriles is 1. The molecular formula is C20H20ClN3O3. The number of rotatable bonds is 3. The summed E-state index contributed by atoms with van der Waals surface area (Å²) in [4.78, 5) is 17.4. The molecule has 1 amide bonds. The van der Waals surface area contributed by atoms with Crippen LogP contribution in [0, 0.1) is 23.2 Å². The summed E-state index contributed by atoms with van der Waals surface area (Å²) in [5.41, 5.74) is 0.873. The van der Waals surface area contributed by atoms with Gasteiger partial charge in [0.1, 0.15) is 23.6 Å². The highest BCUT2D eigenvalue weighted by atomic mass is 35.5. The Morgan fingerprint density at radius 3 is 2.78 bits per heavy atom. The largest absolute Gasteiger partial charge is 0.488 e. The van der Waals surface area contributed by atoms with E-state index in [-0.39, 0.29) is 23.8 Å². The van der Waals surface area contributed by atoms with Crippen LogP contribution in [0.25, 0.3) is 0 Å². The molecule has 140 valence electrons. The summed E-state index contributed by atoms with van der Waals surface area (Å²) in [7, 11) is 0. The first-order valence-electron chi connectivity index (χ1n) is 9.01. The second-order valence-electron chi connectivity index (χ2n) is 7.30. The number of halogens is 1. The van der Waals surface area contributed by atoms with Crippen LogP contribution in [0.1, 0.15) is 28.9 Å². The lowest BCUT2D eigenvalue weighted by atomic mass is 9.78. The van der Waals surface area contributed by atoms with Crippen molar-refractivity contribution in [1.82, 2.24) is 9.88 Å². The molecule has 27 heavy (non-hydrogen) atoms. The van der Waals surface area contributed by atoms with E-state index in [0.717, 1.165) is 0 Å². The zero-order valence-corrected chi connectivity index (χ0v) is 15.4. The van der Waals surface area contributed by atoms with E-state index in [2.05, 4.69) is 4.98 Å². The Labute approximate surface area is 162 Å². The monoisotopic (exact) mass is 385 g/mol. The third-order valence-corrected chi connectivity index (χ3v) is 5.73. The van der Waals surface area contributed by atoms with Gasteiger partial charge in [0.2, 0.25) is 0 Å². The third-order valence-electron chi connectivity index (χ3n) is 5.50. The molecule has 2 N–H and O–H groups in total. The molecule has 7 heteroatoms. The van der Waals surface area contributed by atoms with Gasteiger partial charge in [-0.2, -0.15) is 5.26 Å². The third kappa shape index (κ3) is 3.66. The Kier molecular flexibility index (Phi) is 4.81. The van der Waals surface area contributed by atoms with Gasteiger partial charge in [-0.15, -0.1) is 0 Å². The smallest absolute Gasteiger partial charge is 0.270 e. The van der Waals surface area contributed by atoms with Crippen LogP contribution in [0.2, 0.25) is 5.02 Å². The average molecular weight is 386 g/mol. The first-order chi connectivity index (χ1) is 13.0. The number of nitrogens with zero attached hydrogens (tertiary/aromatic N) is 2. The fourth-order valence-corrected chi connectivity index (χ4v) is 4.33. The predicted octanol–water partition coefficient (Wildman–Crippen LogP) is 2.83. The summed E-state index contributed by atoms with van der Waals surface area (Å²) in [5.74, 6) is 1.08. The number of ether oxygens (including phenoxy) is 1. The van der Waals surface area contributed by atoms with Gasteiger partial charge in [-0.25, -0.2) is 0 Å². The Balaban J connectivity index is 1.42. The van der Waals surface area contributed by atoms with Gasteiger partial charge in [0.05, 0.1) is 11.7 Å². The number of nitrogens with one attached hydrogen (secondary N) is 1. The van der Waals surface area contributed by atoms with Crippen molar-refractivity contribution >= 4 is 17.5 Å². The van der Waals surface area contributed by atoms with Crippen LogP contribution in [-0.4, -0.2) is 46.2 Å². The second kappa shape index (κ2) is 7.26. The number of aliphatic hydroxyl groups excluding tert-OH is 1. The fraction of sp³-hybridized carbons (Fsp3) is 0.400. The quantitative estimate of drug-likeness (QED) is 0.850. The van der Waals surface area contributed by atoms with Gasteiger partial charge in [0.25, 0.3) is 5.91 Å². The van der Waals surface area contributed by atoms with Gasteiger partial charge >= 0.3 is 0 Å². The number of fused-ring (bicyclic) bond motifs is 1. The highest BCUT2D eigenvalue weighted by Crippen LogP contribution is 2.38. The number of amides is 1. The Morgan fingerprint density at radius 1 is 1.30 bits per heavy atom. The van der Waals surface area contributed by atoms with E-state index in [0.29, 0.717) is 48.0 Å². The number of aromatic amines is 1. The highest BCUT2D eigenvalue weighted by Gasteiger charge is 2.44. The summed E-state index contributed by atoms with van der Waals surface area (Å²) in [5, 5.41) is 20.0. The van der Waals surface area contributed by atoms with Crippen LogP contribution < -0.4 is 4.74 Å². The molecule has 1 saturated heterocycles. The zero-order chi connectivity index (χ0) is 19.0. The molecule has 1 aliphatic heterocycles. The maximum absolute atomic E-state index is 12.7. The molecule has 1 saturated carbocycles. The van der Waals surface area contributed by atoms with Crippen LogP contribution in [0.3, 0.4) is 0 Å². The molecule has 0 spiro atoms. The van der Waals surface area contributed by atoms with Crippen LogP contribution in [0.15, 0.2) is 36.5 Å². The molecule has 2 heterocycles. The lowest BCUT2D eigenvalue weighted by Gasteiger charge is -2.35. The molecule has 1 aliphatic carbocycles. The van der Waals surface area contributed by atoms with Gasteiger partial charge in [0, 0.05) is 24.3 Å². The maximum atomic E-state index is 12.7. The number of aliphatic hydroxyl groups is 1. The molecule has 0 radical (unpaired) electrons. The van der Waals surface area contributed by atoms with E-state index in [9.17, 15) is 9.90 Å². The van der Waals surface area contributed by atoms with Crippen molar-refractivity contribution in [2.75, 3.05) is 13.1 Å². The lowest BCUT2D eigenvalue weighted by molar-refractivity contribution is -0.0231. The van der Waals surface area contributed by atoms with Gasteiger partial charge in [-0.05, 0) is 48.9 Å². The SMILES string of the molecule is N#Cc1c[nH]c(C(=O)N2C[C@H]3C[C@@H](Oc4cccc(Cl)c4)[C@H](O)C[C@H]3C2)c1. The average Bonchev–Trinajstić information content (AvgIpc) is 3.28. The zero-order valence-electron chi connectivity index (χ0n) is 14.6. The molecular weight excluding hydrogens is 366 g/mol. The topological polar surface area (TPSA) is 89.4 Å². The van der Waals surface area contributed by atoms with Gasteiger partial charge in [-0.1, -0.05) is 17.7 Å². The van der Waals surface area contributed by atoms with Crippen molar-refractivity contribution in [2.45, 2.75) is 25.0 Å². The van der Waals surface area contributed by atoms with E-state index in [1.807, 2.05) is 18.2 Å². The summed E-state index contributed by atoms with van der Waals surface area (Å²) in [6.07, 6.45) is 1.95. The predicted molar refractivity (Wildman–Crippen MR) is 99.5 cm³/mol. The van der Waals surface area contributed by atoms with Crippen molar-refractivity contribution in [3.05, 3.63) is 52.8 Å². The highest BCUT2D eigenvalue weighted by molar-refractivity contribution is 6.30. The van der Waals surface area contributed by atoms with Crippen molar-refractivity contribution in [1.29, 1.82) is 5.26 Å². The van der Waals surface area contributed by atoms with Crippen LogP contribution >= 0.6 is 11.6 Å². The molecule has 2 aliphatic rings. The number of H-pyrrole nitrogens is 1. The van der Waals surface area contributed by atoms with Crippen molar-refractivity contribution < 1.29 is 14.6 Å². The van der Waals surface area contributed by atoms with Gasteiger partial charge in [-0.3, -0.25) is 4.79 Å². The maximum Gasteiger partial charge on any atom is 0.270 e. The normalized spacial score (nSPS) is 27.1. The van der Waals surface area contributed by atoms with Crippen molar-refractivity contribution in [3.8, 4) is 11.8 Å². The van der Waals surface area contributed by atoms with Crippen molar-refractivity contribution in [3.63, 3.8) is 0 Å². The number of benzene rings is 1. The Morgan fingerprint density at radius 2 is 2.07 bits per heavy atom. The van der Waals surface area contributed by atoms with E-state index < -0.39 is 6.10 Å².